The predicted molar refractivity (Wildman–Crippen MR) is 78.2 cm³/mol. The van der Waals surface area contributed by atoms with E-state index in [0.29, 0.717) is 18.6 Å². The van der Waals surface area contributed by atoms with Gasteiger partial charge in [0.1, 0.15) is 0 Å². The van der Waals surface area contributed by atoms with Crippen molar-refractivity contribution in [1.82, 2.24) is 4.90 Å². The van der Waals surface area contributed by atoms with Crippen LogP contribution in [-0.4, -0.2) is 43.7 Å². The van der Waals surface area contributed by atoms with Gasteiger partial charge in [0, 0.05) is 31.4 Å². The van der Waals surface area contributed by atoms with Gasteiger partial charge in [-0.1, -0.05) is 12.1 Å². The number of hydrogen-bond acceptors (Lipinski definition) is 3. The highest BCUT2D eigenvalue weighted by molar-refractivity contribution is 5.58. The molecule has 2 unspecified atom stereocenters. The van der Waals surface area contributed by atoms with Crippen LogP contribution in [0.5, 0.6) is 0 Å². The molecule has 2 atom stereocenters. The molecule has 1 aliphatic heterocycles. The van der Waals surface area contributed by atoms with Crippen LogP contribution in [0, 0.1) is 13.8 Å². The van der Waals surface area contributed by atoms with Crippen molar-refractivity contribution < 1.29 is 0 Å². The van der Waals surface area contributed by atoms with Crippen molar-refractivity contribution >= 4 is 5.69 Å². The van der Waals surface area contributed by atoms with Crippen LogP contribution in [0.25, 0.3) is 0 Å². The molecule has 18 heavy (non-hydrogen) atoms. The van der Waals surface area contributed by atoms with Crippen LogP contribution in [-0.2, 0) is 0 Å². The first-order valence-corrected chi connectivity index (χ1v) is 6.77. The third-order valence-electron chi connectivity index (χ3n) is 4.09. The van der Waals surface area contributed by atoms with Crippen LogP contribution in [0.2, 0.25) is 0 Å². The molecule has 0 bridgehead atoms. The van der Waals surface area contributed by atoms with Gasteiger partial charge in [-0.05, 0) is 45.0 Å². The molecule has 0 radical (unpaired) electrons. The van der Waals surface area contributed by atoms with E-state index >= 15 is 0 Å². The number of nitrogens with two attached hydrogens (primary N) is 1. The second kappa shape index (κ2) is 5.29. The molecule has 0 aromatic heterocycles. The maximum atomic E-state index is 5.98. The number of benzene rings is 1. The molecule has 0 amide bonds. The second-order valence-corrected chi connectivity index (χ2v) is 5.59. The number of nitrogens with zero attached hydrogens (tertiary/aromatic N) is 2. The largest absolute Gasteiger partial charge is 0.362 e. The summed E-state index contributed by atoms with van der Waals surface area (Å²) in [6, 6.07) is 7.48. The molecule has 1 saturated heterocycles. The highest BCUT2D eigenvalue weighted by atomic mass is 15.3. The number of rotatable bonds is 2. The van der Waals surface area contributed by atoms with Crippen LogP contribution in [0.1, 0.15) is 18.1 Å². The van der Waals surface area contributed by atoms with Crippen LogP contribution in [0.3, 0.4) is 0 Å². The standard InChI is InChI=1S/C15H25N3/c1-11-6-5-7-15(13(11)3)18-12(2)9-17(4)10-14(18)8-16/h5-7,12,14H,8-10,16H2,1-4H3. The van der Waals surface area contributed by atoms with Crippen molar-refractivity contribution in [1.29, 1.82) is 0 Å². The van der Waals surface area contributed by atoms with Gasteiger partial charge in [-0.25, -0.2) is 0 Å². The SMILES string of the molecule is Cc1cccc(N2C(C)CN(C)CC2CN)c1C. The van der Waals surface area contributed by atoms with E-state index in [2.05, 4.69) is 55.8 Å². The van der Waals surface area contributed by atoms with Crippen molar-refractivity contribution in [3.63, 3.8) is 0 Å². The smallest absolute Gasteiger partial charge is 0.0542 e. The summed E-state index contributed by atoms with van der Waals surface area (Å²) in [6.07, 6.45) is 0. The maximum absolute atomic E-state index is 5.98. The summed E-state index contributed by atoms with van der Waals surface area (Å²) in [5, 5.41) is 0. The molecule has 2 N–H and O–H groups in total. The molecule has 0 spiro atoms. The highest BCUT2D eigenvalue weighted by Crippen LogP contribution is 2.28. The Hall–Kier alpha value is -1.06. The average molecular weight is 247 g/mol. The molecule has 1 aliphatic rings. The van der Waals surface area contributed by atoms with Crippen molar-refractivity contribution in [2.45, 2.75) is 32.9 Å². The molecule has 1 heterocycles. The normalized spacial score (nSPS) is 25.5. The van der Waals surface area contributed by atoms with E-state index in [1.807, 2.05) is 0 Å². The Balaban J connectivity index is 2.37. The van der Waals surface area contributed by atoms with Gasteiger partial charge in [0.25, 0.3) is 0 Å². The topological polar surface area (TPSA) is 32.5 Å². The van der Waals surface area contributed by atoms with Crippen molar-refractivity contribution in [2.75, 3.05) is 31.6 Å². The monoisotopic (exact) mass is 247 g/mol. The van der Waals surface area contributed by atoms with Crippen LogP contribution < -0.4 is 10.6 Å². The first-order valence-electron chi connectivity index (χ1n) is 6.77. The van der Waals surface area contributed by atoms with E-state index in [-0.39, 0.29) is 0 Å². The summed E-state index contributed by atoms with van der Waals surface area (Å²) in [7, 11) is 2.18. The molecule has 0 saturated carbocycles. The van der Waals surface area contributed by atoms with Crippen LogP contribution in [0.4, 0.5) is 5.69 Å². The van der Waals surface area contributed by atoms with Gasteiger partial charge in [0.2, 0.25) is 0 Å². The molecule has 1 aromatic rings. The first kappa shape index (κ1) is 13.4. The van der Waals surface area contributed by atoms with E-state index in [1.165, 1.54) is 16.8 Å². The lowest BCUT2D eigenvalue weighted by atomic mass is 10.0. The van der Waals surface area contributed by atoms with Crippen LogP contribution >= 0.6 is 0 Å². The lowest BCUT2D eigenvalue weighted by molar-refractivity contribution is 0.234. The van der Waals surface area contributed by atoms with Crippen molar-refractivity contribution in [3.8, 4) is 0 Å². The number of aryl methyl sites for hydroxylation is 1. The minimum absolute atomic E-state index is 0.416. The summed E-state index contributed by atoms with van der Waals surface area (Å²) in [5.74, 6) is 0. The molecule has 2 rings (SSSR count). The fourth-order valence-corrected chi connectivity index (χ4v) is 3.06. The number of likely N-dealkylation sites (N-methyl/N-ethyl adjacent to an activating group) is 1. The minimum Gasteiger partial charge on any atom is -0.362 e. The summed E-state index contributed by atoms with van der Waals surface area (Å²) in [6.45, 7) is 9.54. The minimum atomic E-state index is 0.416. The maximum Gasteiger partial charge on any atom is 0.0542 e. The number of piperazine rings is 1. The van der Waals surface area contributed by atoms with E-state index in [1.54, 1.807) is 0 Å². The Morgan fingerprint density at radius 3 is 2.67 bits per heavy atom. The molecule has 1 fully saturated rings. The Morgan fingerprint density at radius 1 is 1.28 bits per heavy atom. The Bertz CT molecular complexity index is 416. The summed E-state index contributed by atoms with van der Waals surface area (Å²) in [4.78, 5) is 4.89. The Morgan fingerprint density at radius 2 is 2.00 bits per heavy atom. The van der Waals surface area contributed by atoms with E-state index in [4.69, 9.17) is 5.73 Å². The predicted octanol–water partition coefficient (Wildman–Crippen LogP) is 1.77. The molecule has 1 aromatic carbocycles. The Kier molecular flexibility index (Phi) is 3.93. The third-order valence-corrected chi connectivity index (χ3v) is 4.09. The van der Waals surface area contributed by atoms with Gasteiger partial charge in [0.05, 0.1) is 6.04 Å². The second-order valence-electron chi connectivity index (χ2n) is 5.59. The zero-order chi connectivity index (χ0) is 13.3. The molecule has 0 aliphatic carbocycles. The zero-order valence-corrected chi connectivity index (χ0v) is 12.0. The summed E-state index contributed by atoms with van der Waals surface area (Å²) >= 11 is 0. The zero-order valence-electron chi connectivity index (χ0n) is 12.0. The molecule has 100 valence electrons. The fraction of sp³-hybridized carbons (Fsp3) is 0.600. The van der Waals surface area contributed by atoms with Gasteiger partial charge in [0.15, 0.2) is 0 Å². The van der Waals surface area contributed by atoms with E-state index in [0.717, 1.165) is 13.1 Å². The molecule has 3 nitrogen and oxygen atoms in total. The highest BCUT2D eigenvalue weighted by Gasteiger charge is 2.30. The van der Waals surface area contributed by atoms with Gasteiger partial charge < -0.3 is 15.5 Å². The van der Waals surface area contributed by atoms with Gasteiger partial charge in [-0.15, -0.1) is 0 Å². The first-order chi connectivity index (χ1) is 8.54. The number of anilines is 1. The molecular formula is C15H25N3. The van der Waals surface area contributed by atoms with Crippen LogP contribution in [0.15, 0.2) is 18.2 Å². The summed E-state index contributed by atoms with van der Waals surface area (Å²) in [5.41, 5.74) is 10.1. The Labute approximate surface area is 111 Å². The third kappa shape index (κ3) is 2.38. The molecular weight excluding hydrogens is 222 g/mol. The lowest BCUT2D eigenvalue weighted by Gasteiger charge is -2.46. The van der Waals surface area contributed by atoms with Crippen molar-refractivity contribution in [2.24, 2.45) is 5.73 Å². The van der Waals surface area contributed by atoms with E-state index < -0.39 is 0 Å². The van der Waals surface area contributed by atoms with Gasteiger partial charge in [-0.3, -0.25) is 0 Å². The van der Waals surface area contributed by atoms with Crippen molar-refractivity contribution in [3.05, 3.63) is 29.3 Å². The van der Waals surface area contributed by atoms with Gasteiger partial charge >= 0.3 is 0 Å². The quantitative estimate of drug-likeness (QED) is 0.864. The average Bonchev–Trinajstić information content (AvgIpc) is 2.32. The van der Waals surface area contributed by atoms with E-state index in [9.17, 15) is 0 Å². The fourth-order valence-electron chi connectivity index (χ4n) is 3.06. The lowest BCUT2D eigenvalue weighted by Crippen LogP contribution is -2.59. The van der Waals surface area contributed by atoms with Gasteiger partial charge in [-0.2, -0.15) is 0 Å². The number of hydrogen-bond donors (Lipinski definition) is 1. The summed E-state index contributed by atoms with van der Waals surface area (Å²) < 4.78 is 0. The molecule has 3 heteroatoms.